The molecule has 0 aromatic heterocycles. The number of rotatable bonds is 4. The minimum Gasteiger partial charge on any atom is -0.386 e. The number of allylic oxidation sites excluding steroid dienone is 1. The minimum absolute atomic E-state index is 0.477. The smallest absolute Gasteiger partial charge is 0.144 e. The molecule has 3 heteroatoms. The minimum atomic E-state index is 0.477. The molecule has 8 heavy (non-hydrogen) atoms. The Balaban J connectivity index is 3.02. The number of aldehydes is 1. The molecule has 0 radical (unpaired) electrons. The van der Waals surface area contributed by atoms with Gasteiger partial charge in [0.2, 0.25) is 0 Å². The van der Waals surface area contributed by atoms with Gasteiger partial charge in [0.05, 0.1) is 0 Å². The summed E-state index contributed by atoms with van der Waals surface area (Å²) in [5.74, 6) is 0. The summed E-state index contributed by atoms with van der Waals surface area (Å²) in [6.07, 6.45) is 4.73. The molecule has 0 atom stereocenters. The van der Waals surface area contributed by atoms with E-state index in [0.29, 0.717) is 12.8 Å². The molecule has 0 amide bonds. The third-order valence-corrected chi connectivity index (χ3v) is 0.513. The van der Waals surface area contributed by atoms with Gasteiger partial charge in [0, 0.05) is 12.8 Å². The highest BCUT2D eigenvalue weighted by atomic mass is 16.1. The molecule has 0 spiro atoms. The zero-order valence-corrected chi connectivity index (χ0v) is 4.42. The zero-order chi connectivity index (χ0) is 6.24. The van der Waals surface area contributed by atoms with Gasteiger partial charge in [-0.25, -0.2) is 0 Å². The maximum atomic E-state index is 9.58. The summed E-state index contributed by atoms with van der Waals surface area (Å²) < 4.78 is 0. The van der Waals surface area contributed by atoms with Crippen LogP contribution in [0.5, 0.6) is 0 Å². The van der Waals surface area contributed by atoms with Gasteiger partial charge >= 0.3 is 0 Å². The Kier molecular flexibility index (Phi) is 5.06. The first-order valence-electron chi connectivity index (χ1n) is 2.24. The highest BCUT2D eigenvalue weighted by Crippen LogP contribution is 1.56. The van der Waals surface area contributed by atoms with Crippen molar-refractivity contribution in [1.29, 1.82) is 5.41 Å². The van der Waals surface area contributed by atoms with Crippen molar-refractivity contribution in [3.63, 3.8) is 0 Å². The van der Waals surface area contributed by atoms with Gasteiger partial charge in [0.15, 0.2) is 0 Å². The molecule has 0 saturated carbocycles. The predicted octanol–water partition coefficient (Wildman–Crippen LogP) is -0.0618. The van der Waals surface area contributed by atoms with Crippen LogP contribution in [0.4, 0.5) is 0 Å². The van der Waals surface area contributed by atoms with Crippen molar-refractivity contribution in [2.24, 2.45) is 0 Å². The summed E-state index contributed by atoms with van der Waals surface area (Å²) in [5, 5.41) is 9.21. The summed E-state index contributed by atoms with van der Waals surface area (Å²) in [6, 6.07) is 0. The molecule has 0 rings (SSSR count). The largest absolute Gasteiger partial charge is 0.386 e. The van der Waals surface area contributed by atoms with Gasteiger partial charge in [0.25, 0.3) is 0 Å². The van der Waals surface area contributed by atoms with Crippen LogP contribution in [0.25, 0.3) is 0 Å². The molecule has 0 aromatic carbocycles. The second-order valence-corrected chi connectivity index (χ2v) is 1.11. The Hall–Kier alpha value is -1.12. The highest BCUT2D eigenvalue weighted by Gasteiger charge is 1.66. The van der Waals surface area contributed by atoms with Crippen molar-refractivity contribution in [1.82, 2.24) is 5.32 Å². The van der Waals surface area contributed by atoms with E-state index in [1.165, 1.54) is 18.5 Å². The van der Waals surface area contributed by atoms with Crippen molar-refractivity contribution in [3.05, 3.63) is 12.3 Å². The average molecular weight is 112 g/mol. The monoisotopic (exact) mass is 112 g/mol. The van der Waals surface area contributed by atoms with E-state index in [1.807, 2.05) is 0 Å². The first-order chi connectivity index (χ1) is 3.91. The number of hydrogen-bond donors (Lipinski definition) is 2. The van der Waals surface area contributed by atoms with Gasteiger partial charge in [-0.1, -0.05) is 0 Å². The van der Waals surface area contributed by atoms with Crippen LogP contribution in [0.15, 0.2) is 12.3 Å². The van der Waals surface area contributed by atoms with Gasteiger partial charge < -0.3 is 10.7 Å². The quantitative estimate of drug-likeness (QED) is 0.231. The second-order valence-electron chi connectivity index (χ2n) is 1.11. The topological polar surface area (TPSA) is 53.0 Å². The first kappa shape index (κ1) is 6.88. The Bertz CT molecular complexity index is 98.6. The van der Waals surface area contributed by atoms with Gasteiger partial charge in [-0.05, 0) is 12.3 Å². The lowest BCUT2D eigenvalue weighted by atomic mass is 10.6. The van der Waals surface area contributed by atoms with Crippen LogP contribution >= 0.6 is 0 Å². The Morgan fingerprint density at radius 1 is 1.62 bits per heavy atom. The van der Waals surface area contributed by atoms with Gasteiger partial charge in [0.1, 0.15) is 6.29 Å². The molecule has 0 aromatic rings. The van der Waals surface area contributed by atoms with Crippen molar-refractivity contribution in [2.45, 2.75) is 0 Å². The van der Waals surface area contributed by atoms with E-state index in [9.17, 15) is 4.79 Å². The lowest BCUT2D eigenvalue weighted by molar-refractivity contribution is -0.104. The Morgan fingerprint density at radius 2 is 2.38 bits per heavy atom. The number of carbonyl (C=O) groups excluding carboxylic acids is 1. The summed E-state index contributed by atoms with van der Waals surface area (Å²) in [6.45, 7) is 0.477. The van der Waals surface area contributed by atoms with Crippen LogP contribution in [0.2, 0.25) is 0 Å². The molecular formula is C5H8N2O. The van der Waals surface area contributed by atoms with Crippen molar-refractivity contribution in [3.8, 4) is 0 Å². The zero-order valence-electron chi connectivity index (χ0n) is 4.42. The molecule has 3 nitrogen and oxygen atoms in total. The fourth-order valence-corrected chi connectivity index (χ4v) is 0.234. The van der Waals surface area contributed by atoms with Crippen LogP contribution in [-0.2, 0) is 4.79 Å². The van der Waals surface area contributed by atoms with Gasteiger partial charge in [-0.2, -0.15) is 0 Å². The SMILES string of the molecule is N=CCN/C=C/C=O. The van der Waals surface area contributed by atoms with Crippen LogP contribution in [-0.4, -0.2) is 19.0 Å². The maximum absolute atomic E-state index is 9.58. The van der Waals surface area contributed by atoms with Crippen molar-refractivity contribution in [2.75, 3.05) is 6.54 Å². The number of carbonyl (C=O) groups is 1. The predicted molar refractivity (Wildman–Crippen MR) is 32.0 cm³/mol. The lowest BCUT2D eigenvalue weighted by Crippen LogP contribution is -2.06. The van der Waals surface area contributed by atoms with E-state index in [4.69, 9.17) is 5.41 Å². The van der Waals surface area contributed by atoms with E-state index in [1.54, 1.807) is 0 Å². The standard InChI is InChI=1S/C5H8N2O/c6-2-4-7-3-1-5-8/h1-3,5-7H,4H2/b3-1+,6-2?. The second kappa shape index (κ2) is 5.88. The molecule has 0 aliphatic carbocycles. The van der Waals surface area contributed by atoms with E-state index in [2.05, 4.69) is 5.32 Å². The third-order valence-electron chi connectivity index (χ3n) is 0.513. The van der Waals surface area contributed by atoms with Gasteiger partial charge in [-0.15, -0.1) is 0 Å². The molecule has 0 aliphatic rings. The third kappa shape index (κ3) is 4.88. The molecular weight excluding hydrogens is 104 g/mol. The van der Waals surface area contributed by atoms with Crippen molar-refractivity contribution >= 4 is 12.5 Å². The van der Waals surface area contributed by atoms with Crippen LogP contribution in [0.3, 0.4) is 0 Å². The molecule has 0 fully saturated rings. The fraction of sp³-hybridized carbons (Fsp3) is 0.200. The summed E-state index contributed by atoms with van der Waals surface area (Å²) in [5.41, 5.74) is 0. The molecule has 0 bridgehead atoms. The molecule has 0 aliphatic heterocycles. The van der Waals surface area contributed by atoms with Crippen molar-refractivity contribution < 1.29 is 4.79 Å². The number of nitrogens with one attached hydrogen (secondary N) is 2. The fourth-order valence-electron chi connectivity index (χ4n) is 0.234. The van der Waals surface area contributed by atoms with Crippen LogP contribution in [0, 0.1) is 5.41 Å². The van der Waals surface area contributed by atoms with Gasteiger partial charge in [-0.3, -0.25) is 4.79 Å². The average Bonchev–Trinajstić information content (AvgIpc) is 1.81. The van der Waals surface area contributed by atoms with E-state index < -0.39 is 0 Å². The number of hydrogen-bond acceptors (Lipinski definition) is 3. The molecule has 0 saturated heterocycles. The molecule has 0 unspecified atom stereocenters. The Labute approximate surface area is 47.9 Å². The molecule has 2 N–H and O–H groups in total. The van der Waals surface area contributed by atoms with E-state index in [-0.39, 0.29) is 0 Å². The summed E-state index contributed by atoms with van der Waals surface area (Å²) in [4.78, 5) is 9.58. The normalized spacial score (nSPS) is 9.00. The molecule has 44 valence electrons. The maximum Gasteiger partial charge on any atom is 0.144 e. The summed E-state index contributed by atoms with van der Waals surface area (Å²) in [7, 11) is 0. The first-order valence-corrected chi connectivity index (χ1v) is 2.24. The lowest BCUT2D eigenvalue weighted by Gasteiger charge is -1.86. The van der Waals surface area contributed by atoms with E-state index in [0.717, 1.165) is 0 Å². The van der Waals surface area contributed by atoms with Crippen LogP contribution in [0.1, 0.15) is 0 Å². The highest BCUT2D eigenvalue weighted by molar-refractivity contribution is 5.64. The van der Waals surface area contributed by atoms with Crippen LogP contribution < -0.4 is 5.32 Å². The van der Waals surface area contributed by atoms with E-state index >= 15 is 0 Å². The Morgan fingerprint density at radius 3 is 2.88 bits per heavy atom. The summed E-state index contributed by atoms with van der Waals surface area (Å²) >= 11 is 0. The molecule has 0 heterocycles.